The Hall–Kier alpha value is -3.71. The third-order valence-electron chi connectivity index (χ3n) is 10.5. The maximum atomic E-state index is 13.3. The maximum absolute atomic E-state index is 13.3. The van der Waals surface area contributed by atoms with E-state index in [1.54, 1.807) is 12.1 Å². The quantitative estimate of drug-likeness (QED) is 0.323. The lowest BCUT2D eigenvalue weighted by Gasteiger charge is -2.45. The Bertz CT molecular complexity index is 1630. The van der Waals surface area contributed by atoms with Crippen molar-refractivity contribution < 1.29 is 4.79 Å². The number of piperidine rings is 2. The minimum Gasteiger partial charge on any atom is -0.338 e. The van der Waals surface area contributed by atoms with E-state index < -0.39 is 0 Å². The molecule has 3 aliphatic heterocycles. The van der Waals surface area contributed by atoms with Crippen molar-refractivity contribution in [1.82, 2.24) is 24.3 Å². The van der Waals surface area contributed by atoms with Gasteiger partial charge < -0.3 is 14.5 Å². The molecule has 2 aromatic heterocycles. The van der Waals surface area contributed by atoms with Gasteiger partial charge in [0.1, 0.15) is 11.4 Å². The standard InChI is InChI=1S/C35H41N5O2/c1-24-12-15-30(33(41)36-24)34(42)38-19-16-35(17-20-38,26-8-4-3-5-9-26)18-21-39-27-13-14-28(39)23-29(22-27)40-25(2)37-31-10-6-7-11-32(31)40/h3-12,15,27-29H,13-14,16-23H2,1-2H3,(H,36,41)/t27-,28+,29?. The molecule has 7 nitrogen and oxygen atoms in total. The summed E-state index contributed by atoms with van der Waals surface area (Å²) >= 11 is 0. The van der Waals surface area contributed by atoms with Gasteiger partial charge >= 0.3 is 0 Å². The van der Waals surface area contributed by atoms with Crippen LogP contribution < -0.4 is 5.56 Å². The number of hydrogen-bond acceptors (Lipinski definition) is 4. The Labute approximate surface area is 247 Å². The molecule has 2 aromatic carbocycles. The van der Waals surface area contributed by atoms with Crippen LogP contribution in [0.3, 0.4) is 0 Å². The van der Waals surface area contributed by atoms with E-state index in [0.29, 0.717) is 31.2 Å². The minimum atomic E-state index is -0.294. The van der Waals surface area contributed by atoms with Crippen LogP contribution in [0.5, 0.6) is 0 Å². The lowest BCUT2D eigenvalue weighted by atomic mass is 9.70. The van der Waals surface area contributed by atoms with Crippen LogP contribution in [-0.4, -0.2) is 62.0 Å². The number of carbonyl (C=O) groups excluding carboxylic acids is 1. The zero-order valence-electron chi connectivity index (χ0n) is 24.8. The van der Waals surface area contributed by atoms with E-state index in [0.717, 1.165) is 42.8 Å². The number of nitrogens with zero attached hydrogens (tertiary/aromatic N) is 4. The van der Waals surface area contributed by atoms with Gasteiger partial charge in [-0.2, -0.15) is 0 Å². The highest BCUT2D eigenvalue weighted by Gasteiger charge is 2.44. The summed E-state index contributed by atoms with van der Waals surface area (Å²) in [4.78, 5) is 38.1. The predicted octanol–water partition coefficient (Wildman–Crippen LogP) is 5.77. The van der Waals surface area contributed by atoms with Crippen LogP contribution in [-0.2, 0) is 5.41 Å². The summed E-state index contributed by atoms with van der Waals surface area (Å²) in [5, 5.41) is 0. The number of aromatic nitrogens is 3. The summed E-state index contributed by atoms with van der Waals surface area (Å²) in [5.41, 5.74) is 4.50. The molecule has 5 heterocycles. The van der Waals surface area contributed by atoms with Gasteiger partial charge in [0.05, 0.1) is 11.0 Å². The van der Waals surface area contributed by atoms with Gasteiger partial charge in [-0.3, -0.25) is 14.5 Å². The molecule has 7 rings (SSSR count). The molecule has 0 spiro atoms. The lowest BCUT2D eigenvalue weighted by Crippen LogP contribution is -2.49. The van der Waals surface area contributed by atoms with Crippen LogP contribution in [0, 0.1) is 13.8 Å². The highest BCUT2D eigenvalue weighted by atomic mass is 16.2. The number of nitrogens with one attached hydrogen (secondary N) is 1. The highest BCUT2D eigenvalue weighted by Crippen LogP contribution is 2.45. The first-order valence-electron chi connectivity index (χ1n) is 15.7. The largest absolute Gasteiger partial charge is 0.338 e. The second-order valence-electron chi connectivity index (χ2n) is 12.8. The Kier molecular flexibility index (Phi) is 7.01. The number of rotatable bonds is 6. The monoisotopic (exact) mass is 563 g/mol. The average Bonchev–Trinajstić information content (AvgIpc) is 3.46. The molecule has 1 amide bonds. The van der Waals surface area contributed by atoms with Gasteiger partial charge in [-0.1, -0.05) is 42.5 Å². The number of aromatic amines is 1. The second-order valence-corrected chi connectivity index (χ2v) is 12.8. The van der Waals surface area contributed by atoms with Crippen molar-refractivity contribution in [2.75, 3.05) is 19.6 Å². The van der Waals surface area contributed by atoms with E-state index in [-0.39, 0.29) is 22.4 Å². The fourth-order valence-corrected chi connectivity index (χ4v) is 8.31. The Morgan fingerprint density at radius 1 is 0.905 bits per heavy atom. The molecule has 7 heteroatoms. The average molecular weight is 564 g/mol. The molecule has 3 aliphatic rings. The summed E-state index contributed by atoms with van der Waals surface area (Å²) in [6.45, 7) is 6.42. The first kappa shape index (κ1) is 27.1. The molecule has 42 heavy (non-hydrogen) atoms. The van der Waals surface area contributed by atoms with Crippen molar-refractivity contribution in [1.29, 1.82) is 0 Å². The third-order valence-corrected chi connectivity index (χ3v) is 10.5. The first-order chi connectivity index (χ1) is 20.4. The predicted molar refractivity (Wildman–Crippen MR) is 166 cm³/mol. The van der Waals surface area contributed by atoms with E-state index in [2.05, 4.69) is 76.0 Å². The zero-order chi connectivity index (χ0) is 28.8. The van der Waals surface area contributed by atoms with E-state index in [1.807, 2.05) is 11.8 Å². The summed E-state index contributed by atoms with van der Waals surface area (Å²) < 4.78 is 2.51. The molecule has 3 saturated heterocycles. The van der Waals surface area contributed by atoms with Crippen LogP contribution in [0.2, 0.25) is 0 Å². The molecule has 1 N–H and O–H groups in total. The number of aryl methyl sites for hydroxylation is 2. The second kappa shape index (κ2) is 10.8. The summed E-state index contributed by atoms with van der Waals surface area (Å²) in [6.07, 6.45) is 7.84. The summed E-state index contributed by atoms with van der Waals surface area (Å²) in [7, 11) is 0. The van der Waals surface area contributed by atoms with Gasteiger partial charge in [0.25, 0.3) is 11.5 Å². The first-order valence-corrected chi connectivity index (χ1v) is 15.7. The van der Waals surface area contributed by atoms with E-state index in [1.165, 1.54) is 36.8 Å². The van der Waals surface area contributed by atoms with Crippen molar-refractivity contribution in [3.8, 4) is 0 Å². The van der Waals surface area contributed by atoms with Crippen LogP contribution in [0.1, 0.15) is 78.4 Å². The molecule has 4 aromatic rings. The van der Waals surface area contributed by atoms with Crippen LogP contribution in [0.15, 0.2) is 71.5 Å². The SMILES string of the molecule is Cc1ccc(C(=O)N2CCC(CCN3[C@@H]4CC[C@H]3CC(n3c(C)nc5ccccc53)C4)(c3ccccc3)CC2)c(=O)[nH]1. The van der Waals surface area contributed by atoms with Crippen molar-refractivity contribution in [2.45, 2.75) is 82.3 Å². The number of H-pyrrole nitrogens is 1. The minimum absolute atomic E-state index is 0.0329. The van der Waals surface area contributed by atoms with Crippen LogP contribution in [0.25, 0.3) is 11.0 Å². The van der Waals surface area contributed by atoms with Crippen LogP contribution >= 0.6 is 0 Å². The van der Waals surface area contributed by atoms with Gasteiger partial charge in [-0.25, -0.2) is 4.98 Å². The smallest absolute Gasteiger partial charge is 0.260 e. The van der Waals surface area contributed by atoms with Crippen molar-refractivity contribution >= 4 is 16.9 Å². The summed E-state index contributed by atoms with van der Waals surface area (Å²) in [6, 6.07) is 24.7. The molecule has 218 valence electrons. The zero-order valence-corrected chi connectivity index (χ0v) is 24.8. The van der Waals surface area contributed by atoms with E-state index in [9.17, 15) is 9.59 Å². The van der Waals surface area contributed by atoms with Gasteiger partial charge in [0.2, 0.25) is 0 Å². The number of hydrogen-bond donors (Lipinski definition) is 1. The molecule has 0 radical (unpaired) electrons. The number of carbonyl (C=O) groups is 1. The molecule has 3 atom stereocenters. The Morgan fingerprint density at radius 3 is 2.31 bits per heavy atom. The van der Waals surface area contributed by atoms with Crippen molar-refractivity contribution in [3.63, 3.8) is 0 Å². The molecule has 0 saturated carbocycles. The highest BCUT2D eigenvalue weighted by molar-refractivity contribution is 5.94. The molecule has 0 aliphatic carbocycles. The molecular formula is C35H41N5O2. The molecule has 2 bridgehead atoms. The van der Waals surface area contributed by atoms with E-state index in [4.69, 9.17) is 4.98 Å². The Balaban J connectivity index is 1.07. The van der Waals surface area contributed by atoms with Crippen LogP contribution in [0.4, 0.5) is 0 Å². The number of para-hydroxylation sites is 2. The Morgan fingerprint density at radius 2 is 1.60 bits per heavy atom. The number of imidazole rings is 1. The third kappa shape index (κ3) is 4.77. The number of amides is 1. The maximum Gasteiger partial charge on any atom is 0.260 e. The summed E-state index contributed by atoms with van der Waals surface area (Å²) in [5.74, 6) is 0.978. The van der Waals surface area contributed by atoms with Gasteiger partial charge in [0, 0.05) is 36.9 Å². The molecular weight excluding hydrogens is 522 g/mol. The van der Waals surface area contributed by atoms with Gasteiger partial charge in [0.15, 0.2) is 0 Å². The fraction of sp³-hybridized carbons (Fsp3) is 0.457. The number of fused-ring (bicyclic) bond motifs is 3. The number of benzene rings is 2. The van der Waals surface area contributed by atoms with Gasteiger partial charge in [-0.05, 0) is 101 Å². The lowest BCUT2D eigenvalue weighted by molar-refractivity contribution is 0.0605. The fourth-order valence-electron chi connectivity index (χ4n) is 8.31. The molecule has 1 unspecified atom stereocenters. The molecule has 3 fully saturated rings. The van der Waals surface area contributed by atoms with Crippen molar-refractivity contribution in [3.05, 3.63) is 99.7 Å². The van der Waals surface area contributed by atoms with Crippen molar-refractivity contribution in [2.24, 2.45) is 0 Å². The number of pyridine rings is 1. The topological polar surface area (TPSA) is 74.2 Å². The van der Waals surface area contributed by atoms with E-state index >= 15 is 0 Å². The normalized spacial score (nSPS) is 23.9. The van der Waals surface area contributed by atoms with Gasteiger partial charge in [-0.15, -0.1) is 0 Å². The number of likely N-dealkylation sites (tertiary alicyclic amines) is 1.